The predicted octanol–water partition coefficient (Wildman–Crippen LogP) is 0.446. The normalized spacial score (nSPS) is 12.9. The zero-order valence-corrected chi connectivity index (χ0v) is 7.10. The zero-order chi connectivity index (χ0) is 8.10. The van der Waals surface area contributed by atoms with E-state index in [1.54, 1.807) is 11.3 Å². The maximum absolute atomic E-state index is 5.61. The number of thiophene rings is 1. The maximum Gasteiger partial charge on any atom is 0.0882 e. The molecule has 1 heterocycles. The van der Waals surface area contributed by atoms with Crippen LogP contribution in [0.4, 0.5) is 5.00 Å². The van der Waals surface area contributed by atoms with Gasteiger partial charge in [0.15, 0.2) is 0 Å². The molecule has 1 rings (SSSR count). The minimum absolute atomic E-state index is 0.0529. The van der Waals surface area contributed by atoms with Crippen LogP contribution in [0.25, 0.3) is 0 Å². The molecule has 0 bridgehead atoms. The van der Waals surface area contributed by atoms with Crippen LogP contribution in [0.2, 0.25) is 0 Å². The second-order valence-corrected chi connectivity index (χ2v) is 3.30. The Morgan fingerprint density at radius 3 is 3.00 bits per heavy atom. The van der Waals surface area contributed by atoms with Gasteiger partial charge in [-0.15, -0.1) is 11.3 Å². The van der Waals surface area contributed by atoms with Gasteiger partial charge < -0.3 is 16.8 Å². The van der Waals surface area contributed by atoms with Gasteiger partial charge >= 0.3 is 0 Å². The molecule has 0 amide bonds. The van der Waals surface area contributed by atoms with Crippen molar-refractivity contribution >= 4 is 16.3 Å². The molecule has 0 aliphatic carbocycles. The number of rotatable bonds is 4. The maximum atomic E-state index is 5.61. The summed E-state index contributed by atoms with van der Waals surface area (Å²) in [7, 11) is 0. The van der Waals surface area contributed by atoms with Gasteiger partial charge in [0.25, 0.3) is 0 Å². The molecule has 0 fully saturated rings. The summed E-state index contributed by atoms with van der Waals surface area (Å²) in [5.41, 5.74) is 11.0. The first-order valence-electron chi connectivity index (χ1n) is 3.56. The fourth-order valence-corrected chi connectivity index (χ4v) is 1.32. The lowest BCUT2D eigenvalue weighted by molar-refractivity contribution is 0.714. The van der Waals surface area contributed by atoms with E-state index < -0.39 is 0 Å². The van der Waals surface area contributed by atoms with Gasteiger partial charge in [0.1, 0.15) is 0 Å². The average molecular weight is 171 g/mol. The Labute approximate surface area is 70.4 Å². The van der Waals surface area contributed by atoms with Crippen molar-refractivity contribution in [2.45, 2.75) is 6.04 Å². The number of nitrogens with one attached hydrogen (secondary N) is 1. The first-order chi connectivity index (χ1) is 5.33. The molecule has 62 valence electrons. The number of anilines is 1. The van der Waals surface area contributed by atoms with Crippen molar-refractivity contribution in [1.29, 1.82) is 0 Å². The van der Waals surface area contributed by atoms with Gasteiger partial charge in [-0.2, -0.15) is 0 Å². The molecule has 0 aromatic carbocycles. The lowest BCUT2D eigenvalue weighted by atomic mass is 10.3. The van der Waals surface area contributed by atoms with Crippen LogP contribution in [0.3, 0.4) is 0 Å². The van der Waals surface area contributed by atoms with Crippen LogP contribution in [0.15, 0.2) is 17.5 Å². The molecule has 1 aromatic rings. The van der Waals surface area contributed by atoms with Gasteiger partial charge in [-0.25, -0.2) is 0 Å². The predicted molar refractivity (Wildman–Crippen MR) is 49.8 cm³/mol. The van der Waals surface area contributed by atoms with Gasteiger partial charge in [0, 0.05) is 19.1 Å². The molecule has 0 aliphatic heterocycles. The smallest absolute Gasteiger partial charge is 0.0882 e. The van der Waals surface area contributed by atoms with Crippen molar-refractivity contribution in [2.75, 3.05) is 18.4 Å². The molecular weight excluding hydrogens is 158 g/mol. The van der Waals surface area contributed by atoms with Gasteiger partial charge in [0.2, 0.25) is 0 Å². The Bertz CT molecular complexity index is 186. The molecule has 0 aliphatic rings. The Hall–Kier alpha value is -0.580. The summed E-state index contributed by atoms with van der Waals surface area (Å²) in [4.78, 5) is 0. The second kappa shape index (κ2) is 4.33. The molecule has 1 atom stereocenters. The van der Waals surface area contributed by atoms with Crippen LogP contribution in [0, 0.1) is 0 Å². The van der Waals surface area contributed by atoms with Gasteiger partial charge in [-0.05, 0) is 17.5 Å². The molecule has 11 heavy (non-hydrogen) atoms. The first kappa shape index (κ1) is 8.52. The summed E-state index contributed by atoms with van der Waals surface area (Å²) < 4.78 is 0. The minimum Gasteiger partial charge on any atom is -0.375 e. The first-order valence-corrected chi connectivity index (χ1v) is 4.44. The zero-order valence-electron chi connectivity index (χ0n) is 6.29. The Morgan fingerprint density at radius 2 is 2.45 bits per heavy atom. The highest BCUT2D eigenvalue weighted by atomic mass is 32.1. The fraction of sp³-hybridized carbons (Fsp3) is 0.429. The van der Waals surface area contributed by atoms with E-state index in [1.165, 1.54) is 0 Å². The molecule has 1 unspecified atom stereocenters. The minimum atomic E-state index is 0.0529. The third-order valence-corrected chi connectivity index (χ3v) is 2.19. The van der Waals surface area contributed by atoms with Crippen LogP contribution < -0.4 is 16.8 Å². The highest BCUT2D eigenvalue weighted by molar-refractivity contribution is 7.14. The van der Waals surface area contributed by atoms with Crippen molar-refractivity contribution in [1.82, 2.24) is 0 Å². The van der Waals surface area contributed by atoms with E-state index in [1.807, 2.05) is 17.5 Å². The molecule has 0 spiro atoms. The van der Waals surface area contributed by atoms with Crippen LogP contribution in [-0.2, 0) is 0 Å². The molecule has 5 N–H and O–H groups in total. The van der Waals surface area contributed by atoms with Crippen LogP contribution in [0.5, 0.6) is 0 Å². The average Bonchev–Trinajstić information content (AvgIpc) is 2.52. The molecule has 1 aromatic heterocycles. The summed E-state index contributed by atoms with van der Waals surface area (Å²) in [5, 5.41) is 6.36. The summed E-state index contributed by atoms with van der Waals surface area (Å²) in [5.74, 6) is 0. The van der Waals surface area contributed by atoms with E-state index in [4.69, 9.17) is 11.5 Å². The van der Waals surface area contributed by atoms with Gasteiger partial charge in [0.05, 0.1) is 5.00 Å². The van der Waals surface area contributed by atoms with Crippen molar-refractivity contribution in [3.05, 3.63) is 17.5 Å². The SMILES string of the molecule is NCC(N)CNc1cccs1. The lowest BCUT2D eigenvalue weighted by Gasteiger charge is -2.08. The Kier molecular flexibility index (Phi) is 3.35. The third-order valence-electron chi connectivity index (χ3n) is 1.36. The van der Waals surface area contributed by atoms with E-state index in [-0.39, 0.29) is 6.04 Å². The fourth-order valence-electron chi connectivity index (χ4n) is 0.694. The van der Waals surface area contributed by atoms with Gasteiger partial charge in [-0.3, -0.25) is 0 Å². The van der Waals surface area contributed by atoms with E-state index in [2.05, 4.69) is 5.32 Å². The Morgan fingerprint density at radius 1 is 1.64 bits per heavy atom. The summed E-state index contributed by atoms with van der Waals surface area (Å²) in [6.07, 6.45) is 0. The van der Waals surface area contributed by atoms with Crippen molar-refractivity contribution in [2.24, 2.45) is 11.5 Å². The standard InChI is InChI=1S/C7H13N3S/c8-4-6(9)5-10-7-2-1-3-11-7/h1-3,6,10H,4-5,8-9H2. The number of nitrogens with two attached hydrogens (primary N) is 2. The van der Waals surface area contributed by atoms with Crippen LogP contribution in [0.1, 0.15) is 0 Å². The molecule has 4 heteroatoms. The number of hydrogen-bond donors (Lipinski definition) is 3. The molecule has 0 radical (unpaired) electrons. The van der Waals surface area contributed by atoms with E-state index in [9.17, 15) is 0 Å². The molecular formula is C7H13N3S. The van der Waals surface area contributed by atoms with Crippen LogP contribution in [-0.4, -0.2) is 19.1 Å². The summed E-state index contributed by atoms with van der Waals surface area (Å²) in [6.45, 7) is 1.27. The van der Waals surface area contributed by atoms with Crippen LogP contribution >= 0.6 is 11.3 Å². The van der Waals surface area contributed by atoms with Crippen molar-refractivity contribution in [3.63, 3.8) is 0 Å². The van der Waals surface area contributed by atoms with E-state index in [0.29, 0.717) is 6.54 Å². The monoisotopic (exact) mass is 171 g/mol. The highest BCUT2D eigenvalue weighted by Gasteiger charge is 1.98. The molecule has 3 nitrogen and oxygen atoms in total. The van der Waals surface area contributed by atoms with Gasteiger partial charge in [-0.1, -0.05) is 0 Å². The highest BCUT2D eigenvalue weighted by Crippen LogP contribution is 2.14. The number of hydrogen-bond acceptors (Lipinski definition) is 4. The van der Waals surface area contributed by atoms with Crippen molar-refractivity contribution < 1.29 is 0 Å². The van der Waals surface area contributed by atoms with E-state index in [0.717, 1.165) is 11.5 Å². The summed E-state index contributed by atoms with van der Waals surface area (Å²) in [6, 6.07) is 4.08. The lowest BCUT2D eigenvalue weighted by Crippen LogP contribution is -2.36. The molecule has 0 saturated heterocycles. The Balaban J connectivity index is 2.23. The third kappa shape index (κ3) is 2.88. The largest absolute Gasteiger partial charge is 0.375 e. The quantitative estimate of drug-likeness (QED) is 0.616. The summed E-state index contributed by atoms with van der Waals surface area (Å²) >= 11 is 1.67. The van der Waals surface area contributed by atoms with E-state index >= 15 is 0 Å². The second-order valence-electron chi connectivity index (χ2n) is 2.35. The topological polar surface area (TPSA) is 64.1 Å². The van der Waals surface area contributed by atoms with Crippen molar-refractivity contribution in [3.8, 4) is 0 Å². The molecule has 0 saturated carbocycles.